The van der Waals surface area contributed by atoms with Crippen molar-refractivity contribution < 1.29 is 18.0 Å². The summed E-state index contributed by atoms with van der Waals surface area (Å²) in [6.07, 6.45) is 5.50. The first kappa shape index (κ1) is 22.2. The molecule has 31 heavy (non-hydrogen) atoms. The number of amides is 2. The Hall–Kier alpha value is -3.47. The number of aliphatic imine (C=N–C) groups is 1. The van der Waals surface area contributed by atoms with Crippen molar-refractivity contribution in [3.05, 3.63) is 53.9 Å². The minimum atomic E-state index is -3.62. The molecular weight excluding hydrogens is 420 g/mol. The molecule has 1 aliphatic heterocycles. The molecule has 0 unspecified atom stereocenters. The van der Waals surface area contributed by atoms with Gasteiger partial charge in [0.05, 0.1) is 10.6 Å². The van der Waals surface area contributed by atoms with Crippen LogP contribution in [-0.2, 0) is 9.84 Å². The van der Waals surface area contributed by atoms with Gasteiger partial charge in [0, 0.05) is 48.9 Å². The van der Waals surface area contributed by atoms with Crippen molar-refractivity contribution >= 4 is 33.3 Å². The summed E-state index contributed by atoms with van der Waals surface area (Å²) in [5, 5.41) is 3.00. The summed E-state index contributed by atoms with van der Waals surface area (Å²) < 4.78 is 24.7. The van der Waals surface area contributed by atoms with Crippen molar-refractivity contribution in [1.82, 2.24) is 10.3 Å². The summed E-state index contributed by atoms with van der Waals surface area (Å²) in [6, 6.07) is 7.64. The normalized spacial score (nSPS) is 14.7. The molecule has 5 N–H and O–H groups in total. The quantitative estimate of drug-likeness (QED) is 0.438. The number of aromatic nitrogens is 1. The molecule has 1 aromatic heterocycles. The van der Waals surface area contributed by atoms with E-state index in [0.717, 1.165) is 6.26 Å². The highest BCUT2D eigenvalue weighted by atomic mass is 32.2. The average molecular weight is 445 g/mol. The second-order valence-corrected chi connectivity index (χ2v) is 9.25. The van der Waals surface area contributed by atoms with Gasteiger partial charge in [-0.15, -0.1) is 0 Å². The Bertz CT molecular complexity index is 1110. The Morgan fingerprint density at radius 2 is 1.74 bits per heavy atom. The molecule has 0 bridgehead atoms. The zero-order chi connectivity index (χ0) is 22.6. The second kappa shape index (κ2) is 9.13. The first-order valence-corrected chi connectivity index (χ1v) is 11.5. The molecule has 1 fully saturated rings. The van der Waals surface area contributed by atoms with Gasteiger partial charge in [-0.05, 0) is 43.2 Å². The SMILES string of the molecule is CS(=O)(=O)c1cc(C(=O)N=C(N)N)ccc1N1CCC(NC(=O)c2ccncc2)CC1. The lowest BCUT2D eigenvalue weighted by molar-refractivity contribution is 0.0930. The molecule has 164 valence electrons. The van der Waals surface area contributed by atoms with E-state index in [1.165, 1.54) is 12.1 Å². The number of hydrogen-bond donors (Lipinski definition) is 3. The summed E-state index contributed by atoms with van der Waals surface area (Å²) in [7, 11) is -3.62. The minimum absolute atomic E-state index is 0.0266. The van der Waals surface area contributed by atoms with E-state index in [9.17, 15) is 18.0 Å². The number of nitrogens with two attached hydrogens (primary N) is 2. The molecule has 0 aliphatic carbocycles. The van der Waals surface area contributed by atoms with Crippen LogP contribution >= 0.6 is 0 Å². The van der Waals surface area contributed by atoms with E-state index in [1.807, 2.05) is 4.90 Å². The smallest absolute Gasteiger partial charge is 0.280 e. The Kier molecular flexibility index (Phi) is 6.54. The van der Waals surface area contributed by atoms with Gasteiger partial charge in [-0.25, -0.2) is 8.42 Å². The summed E-state index contributed by atoms with van der Waals surface area (Å²) in [5.41, 5.74) is 11.6. The van der Waals surface area contributed by atoms with Crippen molar-refractivity contribution in [3.63, 3.8) is 0 Å². The number of guanidine groups is 1. The van der Waals surface area contributed by atoms with Crippen LogP contribution in [-0.4, -0.2) is 56.6 Å². The molecule has 0 radical (unpaired) electrons. The number of rotatable bonds is 5. The molecule has 0 atom stereocenters. The van der Waals surface area contributed by atoms with E-state index in [1.54, 1.807) is 30.6 Å². The standard InChI is InChI=1S/C20H24N6O4S/c1-31(29,30)17-12-14(19(28)25-20(21)22)2-3-16(17)26-10-6-15(7-11-26)24-18(27)13-4-8-23-9-5-13/h2-5,8-9,12,15H,6-7,10-11H2,1H3,(H,24,27)(H4,21,22,25,28). The van der Waals surface area contributed by atoms with Crippen LogP contribution in [0.2, 0.25) is 0 Å². The molecule has 2 aromatic rings. The van der Waals surface area contributed by atoms with E-state index >= 15 is 0 Å². The number of benzene rings is 1. The van der Waals surface area contributed by atoms with E-state index in [4.69, 9.17) is 11.5 Å². The van der Waals surface area contributed by atoms with Gasteiger partial charge in [0.2, 0.25) is 0 Å². The first-order chi connectivity index (χ1) is 14.6. The number of sulfone groups is 1. The molecule has 0 saturated carbocycles. The third-order valence-corrected chi connectivity index (χ3v) is 6.08. The predicted octanol–water partition coefficient (Wildman–Crippen LogP) is 0.298. The van der Waals surface area contributed by atoms with Crippen molar-refractivity contribution in [3.8, 4) is 0 Å². The van der Waals surface area contributed by atoms with E-state index < -0.39 is 21.7 Å². The van der Waals surface area contributed by atoms with Crippen molar-refractivity contribution in [2.24, 2.45) is 16.5 Å². The van der Waals surface area contributed by atoms with Crippen LogP contribution < -0.4 is 21.7 Å². The monoisotopic (exact) mass is 444 g/mol. The Labute approximate surface area is 180 Å². The molecule has 3 rings (SSSR count). The molecule has 1 saturated heterocycles. The molecule has 0 spiro atoms. The lowest BCUT2D eigenvalue weighted by Gasteiger charge is -2.35. The number of nitrogens with zero attached hydrogens (tertiary/aromatic N) is 3. The number of nitrogens with one attached hydrogen (secondary N) is 1. The van der Waals surface area contributed by atoms with Crippen molar-refractivity contribution in [2.45, 2.75) is 23.8 Å². The van der Waals surface area contributed by atoms with Crippen LogP contribution in [0, 0.1) is 0 Å². The molecule has 2 heterocycles. The topological polar surface area (TPSA) is 161 Å². The number of carbonyl (C=O) groups excluding carboxylic acids is 2. The molecule has 10 nitrogen and oxygen atoms in total. The van der Waals surface area contributed by atoms with E-state index in [2.05, 4.69) is 15.3 Å². The maximum Gasteiger partial charge on any atom is 0.280 e. The maximum atomic E-state index is 12.4. The number of piperidine rings is 1. The summed E-state index contributed by atoms with van der Waals surface area (Å²) >= 11 is 0. The predicted molar refractivity (Wildman–Crippen MR) is 117 cm³/mol. The van der Waals surface area contributed by atoms with Crippen LogP contribution in [0.25, 0.3) is 0 Å². The van der Waals surface area contributed by atoms with Gasteiger partial charge in [0.15, 0.2) is 15.8 Å². The first-order valence-electron chi connectivity index (χ1n) is 9.59. The van der Waals surface area contributed by atoms with Crippen LogP contribution in [0.15, 0.2) is 52.6 Å². The summed E-state index contributed by atoms with van der Waals surface area (Å²) in [6.45, 7) is 1.09. The van der Waals surface area contributed by atoms with Gasteiger partial charge < -0.3 is 21.7 Å². The zero-order valence-electron chi connectivity index (χ0n) is 17.0. The Morgan fingerprint density at radius 3 is 2.32 bits per heavy atom. The number of anilines is 1. The highest BCUT2D eigenvalue weighted by Crippen LogP contribution is 2.29. The van der Waals surface area contributed by atoms with Crippen LogP contribution in [0.1, 0.15) is 33.6 Å². The fourth-order valence-electron chi connectivity index (χ4n) is 3.42. The highest BCUT2D eigenvalue weighted by Gasteiger charge is 2.26. The van der Waals surface area contributed by atoms with Gasteiger partial charge in [0.1, 0.15) is 0 Å². The highest BCUT2D eigenvalue weighted by molar-refractivity contribution is 7.90. The summed E-state index contributed by atoms with van der Waals surface area (Å²) in [4.78, 5) is 33.7. The van der Waals surface area contributed by atoms with Gasteiger partial charge >= 0.3 is 0 Å². The zero-order valence-corrected chi connectivity index (χ0v) is 17.8. The van der Waals surface area contributed by atoms with Crippen LogP contribution in [0.4, 0.5) is 5.69 Å². The van der Waals surface area contributed by atoms with Gasteiger partial charge in [-0.3, -0.25) is 14.6 Å². The Morgan fingerprint density at radius 1 is 1.10 bits per heavy atom. The lowest BCUT2D eigenvalue weighted by Crippen LogP contribution is -2.45. The number of hydrogen-bond acceptors (Lipinski definition) is 6. The number of carbonyl (C=O) groups is 2. The third kappa shape index (κ3) is 5.57. The number of pyridine rings is 1. The molecule has 11 heteroatoms. The van der Waals surface area contributed by atoms with Gasteiger partial charge in [-0.1, -0.05) is 0 Å². The average Bonchev–Trinajstić information content (AvgIpc) is 2.73. The largest absolute Gasteiger partial charge is 0.370 e. The van der Waals surface area contributed by atoms with E-state index in [-0.39, 0.29) is 22.4 Å². The second-order valence-electron chi connectivity index (χ2n) is 7.27. The van der Waals surface area contributed by atoms with Crippen LogP contribution in [0.5, 0.6) is 0 Å². The molecule has 2 amide bonds. The van der Waals surface area contributed by atoms with Gasteiger partial charge in [-0.2, -0.15) is 4.99 Å². The molecular formula is C20H24N6O4S. The third-order valence-electron chi connectivity index (χ3n) is 4.95. The van der Waals surface area contributed by atoms with Crippen LogP contribution in [0.3, 0.4) is 0 Å². The molecule has 1 aliphatic rings. The lowest BCUT2D eigenvalue weighted by atomic mass is 10.0. The summed E-state index contributed by atoms with van der Waals surface area (Å²) in [5.74, 6) is -1.28. The van der Waals surface area contributed by atoms with E-state index in [0.29, 0.717) is 37.2 Å². The van der Waals surface area contributed by atoms with Crippen molar-refractivity contribution in [2.75, 3.05) is 24.2 Å². The minimum Gasteiger partial charge on any atom is -0.370 e. The maximum absolute atomic E-state index is 12.4. The molecule has 1 aromatic carbocycles. The Balaban J connectivity index is 1.74. The fraction of sp³-hybridized carbons (Fsp3) is 0.300. The fourth-order valence-corrected chi connectivity index (χ4v) is 4.34. The van der Waals surface area contributed by atoms with Crippen molar-refractivity contribution in [1.29, 1.82) is 0 Å². The van der Waals surface area contributed by atoms with Gasteiger partial charge in [0.25, 0.3) is 11.8 Å².